The minimum absolute atomic E-state index is 1.00. The van der Waals surface area contributed by atoms with Crippen molar-refractivity contribution in [3.63, 3.8) is 0 Å². The van der Waals surface area contributed by atoms with E-state index in [1.54, 1.807) is 0 Å². The molecule has 0 aliphatic heterocycles. The van der Waals surface area contributed by atoms with Gasteiger partial charge in [-0.25, -0.2) is 0 Å². The standard InChI is InChI=1S/C4H8.CH4O/c1-3-4-2;1-2/h3-4H,1-2H3;2H,1H3/b4-3+;. The lowest BCUT2D eigenvalue weighted by atomic mass is 10.6. The van der Waals surface area contributed by atoms with Gasteiger partial charge < -0.3 is 5.11 Å². The van der Waals surface area contributed by atoms with Crippen LogP contribution >= 0.6 is 0 Å². The first-order valence-electron chi connectivity index (χ1n) is 1.94. The van der Waals surface area contributed by atoms with Crippen LogP contribution in [0.2, 0.25) is 0 Å². The molecular formula is C5H12O. The molecule has 0 saturated heterocycles. The molecule has 0 fully saturated rings. The SMILES string of the molecule is C/C=C/C.CO. The summed E-state index contributed by atoms with van der Waals surface area (Å²) in [6, 6.07) is 0. The first-order valence-corrected chi connectivity index (χ1v) is 1.94. The zero-order valence-electron chi connectivity index (χ0n) is 4.60. The zero-order valence-corrected chi connectivity index (χ0v) is 4.60. The van der Waals surface area contributed by atoms with Crippen molar-refractivity contribution in [3.8, 4) is 0 Å². The molecule has 0 amide bonds. The lowest BCUT2D eigenvalue weighted by Gasteiger charge is -1.49. The number of aliphatic hydroxyl groups excluding tert-OH is 1. The maximum atomic E-state index is 7.00. The van der Waals surface area contributed by atoms with Gasteiger partial charge in [-0.15, -0.1) is 0 Å². The maximum absolute atomic E-state index is 7.00. The number of hydrogen-bond acceptors (Lipinski definition) is 1. The maximum Gasteiger partial charge on any atom is 0.0319 e. The van der Waals surface area contributed by atoms with Crippen molar-refractivity contribution in [3.05, 3.63) is 12.2 Å². The van der Waals surface area contributed by atoms with Crippen molar-refractivity contribution in [2.24, 2.45) is 0 Å². The third-order valence-corrected chi connectivity index (χ3v) is 0.333. The molecule has 0 aromatic heterocycles. The normalized spacial score (nSPS) is 7.33. The monoisotopic (exact) mass is 88.1 g/mol. The summed E-state index contributed by atoms with van der Waals surface area (Å²) in [6.07, 6.45) is 4.00. The Morgan fingerprint density at radius 3 is 1.17 bits per heavy atom. The van der Waals surface area contributed by atoms with Crippen LogP contribution in [0.25, 0.3) is 0 Å². The Kier molecular flexibility index (Phi) is 34.1. The van der Waals surface area contributed by atoms with Gasteiger partial charge in [0.05, 0.1) is 0 Å². The van der Waals surface area contributed by atoms with Crippen LogP contribution in [0.5, 0.6) is 0 Å². The van der Waals surface area contributed by atoms with E-state index in [1.165, 1.54) is 0 Å². The average Bonchev–Trinajstić information content (AvgIpc) is 1.72. The molecule has 0 aromatic carbocycles. The fourth-order valence-electron chi connectivity index (χ4n) is 0. The second kappa shape index (κ2) is 22.3. The molecule has 0 atom stereocenters. The topological polar surface area (TPSA) is 20.2 Å². The lowest BCUT2D eigenvalue weighted by Crippen LogP contribution is -1.26. The highest BCUT2D eigenvalue weighted by molar-refractivity contribution is 4.68. The molecule has 6 heavy (non-hydrogen) atoms. The molecule has 38 valence electrons. The van der Waals surface area contributed by atoms with E-state index >= 15 is 0 Å². The predicted octanol–water partition coefficient (Wildman–Crippen LogP) is 1.19. The molecule has 1 N–H and O–H groups in total. The van der Waals surface area contributed by atoms with E-state index in [0.29, 0.717) is 0 Å². The van der Waals surface area contributed by atoms with Crippen molar-refractivity contribution >= 4 is 0 Å². The Morgan fingerprint density at radius 1 is 1.00 bits per heavy atom. The summed E-state index contributed by atoms with van der Waals surface area (Å²) in [5, 5.41) is 7.00. The van der Waals surface area contributed by atoms with Crippen molar-refractivity contribution in [1.29, 1.82) is 0 Å². The van der Waals surface area contributed by atoms with Crippen molar-refractivity contribution in [2.45, 2.75) is 13.8 Å². The van der Waals surface area contributed by atoms with Gasteiger partial charge in [0.15, 0.2) is 0 Å². The highest BCUT2D eigenvalue weighted by atomic mass is 16.2. The van der Waals surface area contributed by atoms with Crippen LogP contribution < -0.4 is 0 Å². The Bertz CT molecular complexity index is 19.1. The van der Waals surface area contributed by atoms with Crippen molar-refractivity contribution < 1.29 is 5.11 Å². The van der Waals surface area contributed by atoms with Crippen LogP contribution in [0.3, 0.4) is 0 Å². The van der Waals surface area contributed by atoms with Crippen molar-refractivity contribution in [2.75, 3.05) is 7.11 Å². The molecule has 0 aliphatic carbocycles. The molecule has 1 heteroatoms. The summed E-state index contributed by atoms with van der Waals surface area (Å²) in [6.45, 7) is 4.00. The van der Waals surface area contributed by atoms with Crippen LogP contribution in [0.1, 0.15) is 13.8 Å². The molecule has 0 aromatic rings. The van der Waals surface area contributed by atoms with E-state index in [2.05, 4.69) is 0 Å². The molecule has 1 nitrogen and oxygen atoms in total. The zero-order chi connectivity index (χ0) is 5.41. The largest absolute Gasteiger partial charge is 0.400 e. The summed E-state index contributed by atoms with van der Waals surface area (Å²) >= 11 is 0. The summed E-state index contributed by atoms with van der Waals surface area (Å²) in [4.78, 5) is 0. The first-order chi connectivity index (χ1) is 2.91. The van der Waals surface area contributed by atoms with Crippen LogP contribution in [0.4, 0.5) is 0 Å². The summed E-state index contributed by atoms with van der Waals surface area (Å²) in [7, 11) is 1.00. The Hall–Kier alpha value is -0.300. The minimum Gasteiger partial charge on any atom is -0.400 e. The fraction of sp³-hybridized carbons (Fsp3) is 0.600. The highest BCUT2D eigenvalue weighted by Crippen LogP contribution is 1.57. The quantitative estimate of drug-likeness (QED) is 0.441. The molecule has 0 bridgehead atoms. The van der Waals surface area contributed by atoms with Gasteiger partial charge >= 0.3 is 0 Å². The van der Waals surface area contributed by atoms with Gasteiger partial charge in [-0.2, -0.15) is 0 Å². The van der Waals surface area contributed by atoms with E-state index in [-0.39, 0.29) is 0 Å². The van der Waals surface area contributed by atoms with Gasteiger partial charge in [0, 0.05) is 7.11 Å². The molecule has 0 heterocycles. The molecule has 0 spiro atoms. The number of rotatable bonds is 0. The molecule has 0 rings (SSSR count). The Labute approximate surface area is 39.3 Å². The third-order valence-electron chi connectivity index (χ3n) is 0.333. The van der Waals surface area contributed by atoms with Crippen molar-refractivity contribution in [1.82, 2.24) is 0 Å². The Morgan fingerprint density at radius 2 is 1.17 bits per heavy atom. The third kappa shape index (κ3) is 55.0. The first kappa shape index (κ1) is 9.20. The molecule has 0 saturated carbocycles. The van der Waals surface area contributed by atoms with Gasteiger partial charge in [-0.1, -0.05) is 12.2 Å². The average molecular weight is 88.1 g/mol. The van der Waals surface area contributed by atoms with Crippen LogP contribution in [0.15, 0.2) is 12.2 Å². The van der Waals surface area contributed by atoms with Gasteiger partial charge in [0.1, 0.15) is 0 Å². The van der Waals surface area contributed by atoms with E-state index < -0.39 is 0 Å². The predicted molar refractivity (Wildman–Crippen MR) is 28.6 cm³/mol. The molecular weight excluding hydrogens is 76.1 g/mol. The number of aliphatic hydroxyl groups is 1. The number of hydrogen-bond donors (Lipinski definition) is 1. The van der Waals surface area contributed by atoms with Gasteiger partial charge in [-0.3, -0.25) is 0 Å². The van der Waals surface area contributed by atoms with Gasteiger partial charge in [0.25, 0.3) is 0 Å². The van der Waals surface area contributed by atoms with Crippen LogP contribution in [0, 0.1) is 0 Å². The highest BCUT2D eigenvalue weighted by Gasteiger charge is 1.34. The van der Waals surface area contributed by atoms with E-state index in [1.807, 2.05) is 26.0 Å². The molecule has 0 aliphatic rings. The fourth-order valence-corrected chi connectivity index (χ4v) is 0. The van der Waals surface area contributed by atoms with Gasteiger partial charge in [0.2, 0.25) is 0 Å². The summed E-state index contributed by atoms with van der Waals surface area (Å²) in [5.74, 6) is 0. The number of allylic oxidation sites excluding steroid dienone is 2. The molecule has 0 unspecified atom stereocenters. The molecule has 0 radical (unpaired) electrons. The Balaban J connectivity index is 0. The van der Waals surface area contributed by atoms with E-state index in [4.69, 9.17) is 5.11 Å². The second-order valence-corrected chi connectivity index (χ2v) is 0.667. The smallest absolute Gasteiger partial charge is 0.0319 e. The van der Waals surface area contributed by atoms with E-state index in [9.17, 15) is 0 Å². The summed E-state index contributed by atoms with van der Waals surface area (Å²) in [5.41, 5.74) is 0. The van der Waals surface area contributed by atoms with Crippen LogP contribution in [-0.2, 0) is 0 Å². The van der Waals surface area contributed by atoms with Crippen LogP contribution in [-0.4, -0.2) is 12.2 Å². The van der Waals surface area contributed by atoms with Gasteiger partial charge in [-0.05, 0) is 13.8 Å². The summed E-state index contributed by atoms with van der Waals surface area (Å²) < 4.78 is 0. The second-order valence-electron chi connectivity index (χ2n) is 0.667. The lowest BCUT2D eigenvalue weighted by molar-refractivity contribution is 0.399. The van der Waals surface area contributed by atoms with E-state index in [0.717, 1.165) is 7.11 Å². The minimum atomic E-state index is 1.00.